The third kappa shape index (κ3) is 2.82. The Morgan fingerprint density at radius 3 is 2.65 bits per heavy atom. The van der Waals surface area contributed by atoms with Crippen molar-refractivity contribution >= 4 is 5.97 Å². The van der Waals surface area contributed by atoms with Crippen molar-refractivity contribution in [2.24, 2.45) is 5.73 Å². The van der Waals surface area contributed by atoms with Crippen LogP contribution in [0.1, 0.15) is 31.4 Å². The van der Waals surface area contributed by atoms with Crippen LogP contribution in [0.5, 0.6) is 0 Å². The van der Waals surface area contributed by atoms with Crippen LogP contribution in [0.15, 0.2) is 16.5 Å². The van der Waals surface area contributed by atoms with Crippen LogP contribution in [0, 0.1) is 0 Å². The molecule has 1 atom stereocenters. The second kappa shape index (κ2) is 5.27. The first-order valence-electron chi connectivity index (χ1n) is 5.32. The standard InChI is InChI=1S/C11H15F2NO3/c1-3-7-5-6-8(17-7)9(14)11(12,13)10(15)16-4-2/h5-6,9H,3-4,14H2,1-2H3/t9-/m1/s1. The van der Waals surface area contributed by atoms with Gasteiger partial charge in [0.25, 0.3) is 0 Å². The maximum atomic E-state index is 13.5. The van der Waals surface area contributed by atoms with Gasteiger partial charge < -0.3 is 14.9 Å². The van der Waals surface area contributed by atoms with E-state index in [-0.39, 0.29) is 12.4 Å². The van der Waals surface area contributed by atoms with Crippen molar-refractivity contribution in [3.63, 3.8) is 0 Å². The fourth-order valence-corrected chi connectivity index (χ4v) is 1.28. The Morgan fingerprint density at radius 2 is 2.18 bits per heavy atom. The van der Waals surface area contributed by atoms with Gasteiger partial charge in [-0.05, 0) is 19.1 Å². The summed E-state index contributed by atoms with van der Waals surface area (Å²) in [5.41, 5.74) is 5.33. The molecule has 0 fully saturated rings. The molecule has 17 heavy (non-hydrogen) atoms. The molecule has 0 saturated carbocycles. The summed E-state index contributed by atoms with van der Waals surface area (Å²) in [5.74, 6) is -5.02. The molecule has 2 N–H and O–H groups in total. The molecule has 0 aliphatic heterocycles. The number of carbonyl (C=O) groups excluding carboxylic acids is 1. The van der Waals surface area contributed by atoms with Gasteiger partial charge in [0.15, 0.2) is 0 Å². The zero-order valence-electron chi connectivity index (χ0n) is 9.70. The average molecular weight is 247 g/mol. The molecule has 0 amide bonds. The minimum atomic E-state index is -3.79. The second-order valence-electron chi connectivity index (χ2n) is 3.48. The first kappa shape index (κ1) is 13.6. The molecule has 1 rings (SSSR count). The lowest BCUT2D eigenvalue weighted by atomic mass is 10.1. The summed E-state index contributed by atoms with van der Waals surface area (Å²) in [6.45, 7) is 3.14. The third-order valence-corrected chi connectivity index (χ3v) is 2.28. The van der Waals surface area contributed by atoms with Crippen molar-refractivity contribution in [2.45, 2.75) is 32.2 Å². The molecule has 0 aliphatic carbocycles. The molecule has 1 heterocycles. The highest BCUT2D eigenvalue weighted by atomic mass is 19.3. The van der Waals surface area contributed by atoms with Gasteiger partial charge in [0.1, 0.15) is 17.6 Å². The lowest BCUT2D eigenvalue weighted by Gasteiger charge is -2.19. The van der Waals surface area contributed by atoms with Crippen molar-refractivity contribution in [2.75, 3.05) is 6.61 Å². The van der Waals surface area contributed by atoms with Gasteiger partial charge >= 0.3 is 11.9 Å². The van der Waals surface area contributed by atoms with Crippen molar-refractivity contribution in [1.82, 2.24) is 0 Å². The Bertz CT molecular complexity index is 390. The van der Waals surface area contributed by atoms with Gasteiger partial charge in [0.05, 0.1) is 6.61 Å². The Balaban J connectivity index is 2.87. The van der Waals surface area contributed by atoms with Crippen molar-refractivity contribution < 1.29 is 22.7 Å². The van der Waals surface area contributed by atoms with E-state index in [9.17, 15) is 13.6 Å². The van der Waals surface area contributed by atoms with Crippen molar-refractivity contribution in [3.05, 3.63) is 23.7 Å². The molecule has 0 aliphatic rings. The normalized spacial score (nSPS) is 13.5. The van der Waals surface area contributed by atoms with Gasteiger partial charge in [0.2, 0.25) is 0 Å². The summed E-state index contributed by atoms with van der Waals surface area (Å²) in [4.78, 5) is 11.1. The number of esters is 1. The van der Waals surface area contributed by atoms with E-state index in [0.717, 1.165) is 0 Å². The van der Waals surface area contributed by atoms with Crippen LogP contribution >= 0.6 is 0 Å². The fourth-order valence-electron chi connectivity index (χ4n) is 1.28. The molecule has 1 aromatic heterocycles. The summed E-state index contributed by atoms with van der Waals surface area (Å²) in [6.07, 6.45) is 0.567. The summed E-state index contributed by atoms with van der Waals surface area (Å²) in [5, 5.41) is 0. The smallest absolute Gasteiger partial charge is 0.379 e. The predicted octanol–water partition coefficient (Wildman–Crippen LogP) is 2.04. The molecule has 0 saturated heterocycles. The highest BCUT2D eigenvalue weighted by Crippen LogP contribution is 2.31. The molecule has 0 bridgehead atoms. The SMILES string of the molecule is CCOC(=O)C(F)(F)[C@H](N)c1ccc(CC)o1. The van der Waals surface area contributed by atoms with E-state index in [1.807, 2.05) is 6.92 Å². The molecule has 1 aromatic rings. The number of alkyl halides is 2. The zero-order valence-corrected chi connectivity index (χ0v) is 9.70. The zero-order chi connectivity index (χ0) is 13.1. The maximum absolute atomic E-state index is 13.5. The van der Waals surface area contributed by atoms with Crippen LogP contribution in [-0.2, 0) is 16.0 Å². The van der Waals surface area contributed by atoms with E-state index >= 15 is 0 Å². The first-order chi connectivity index (χ1) is 7.93. The number of rotatable bonds is 5. The molecule has 96 valence electrons. The highest BCUT2D eigenvalue weighted by molar-refractivity contribution is 5.78. The lowest BCUT2D eigenvalue weighted by Crippen LogP contribution is -2.41. The summed E-state index contributed by atoms with van der Waals surface area (Å²) >= 11 is 0. The van der Waals surface area contributed by atoms with Crippen molar-refractivity contribution in [3.8, 4) is 0 Å². The fraction of sp³-hybridized carbons (Fsp3) is 0.545. The first-order valence-corrected chi connectivity index (χ1v) is 5.32. The van der Waals surface area contributed by atoms with Crippen LogP contribution in [0.2, 0.25) is 0 Å². The minimum Gasteiger partial charge on any atom is -0.464 e. The molecule has 4 nitrogen and oxygen atoms in total. The average Bonchev–Trinajstić information content (AvgIpc) is 2.76. The number of furan rings is 1. The van der Waals surface area contributed by atoms with Gasteiger partial charge in [-0.15, -0.1) is 0 Å². The summed E-state index contributed by atoms with van der Waals surface area (Å²) in [6, 6.07) is 1.06. The predicted molar refractivity (Wildman–Crippen MR) is 56.6 cm³/mol. The molecule has 6 heteroatoms. The van der Waals surface area contributed by atoms with Gasteiger partial charge in [-0.3, -0.25) is 0 Å². The van der Waals surface area contributed by atoms with Gasteiger partial charge in [-0.25, -0.2) is 4.79 Å². The molecule has 0 radical (unpaired) electrons. The van der Waals surface area contributed by atoms with Gasteiger partial charge in [0, 0.05) is 6.42 Å². The summed E-state index contributed by atoms with van der Waals surface area (Å²) in [7, 11) is 0. The summed E-state index contributed by atoms with van der Waals surface area (Å²) < 4.78 is 36.4. The monoisotopic (exact) mass is 247 g/mol. The van der Waals surface area contributed by atoms with Crippen molar-refractivity contribution in [1.29, 1.82) is 0 Å². The third-order valence-electron chi connectivity index (χ3n) is 2.28. The number of hydrogen-bond donors (Lipinski definition) is 1. The Hall–Kier alpha value is -1.43. The van der Waals surface area contributed by atoms with E-state index in [4.69, 9.17) is 10.2 Å². The molecular formula is C11H15F2NO3. The number of ether oxygens (including phenoxy) is 1. The van der Waals surface area contributed by atoms with E-state index < -0.39 is 17.9 Å². The quantitative estimate of drug-likeness (QED) is 0.808. The molecular weight excluding hydrogens is 232 g/mol. The molecule has 0 aromatic carbocycles. The Labute approximate surface area is 97.7 Å². The molecule has 0 unspecified atom stereocenters. The number of nitrogens with two attached hydrogens (primary N) is 1. The second-order valence-corrected chi connectivity index (χ2v) is 3.48. The number of carbonyl (C=O) groups is 1. The number of aryl methyl sites for hydroxylation is 1. The van der Waals surface area contributed by atoms with E-state index in [2.05, 4.69) is 4.74 Å². The van der Waals surface area contributed by atoms with E-state index in [1.54, 1.807) is 6.07 Å². The van der Waals surface area contributed by atoms with Gasteiger partial charge in [-0.2, -0.15) is 8.78 Å². The Kier molecular flexibility index (Phi) is 4.22. The van der Waals surface area contributed by atoms with Crippen LogP contribution in [0.25, 0.3) is 0 Å². The van der Waals surface area contributed by atoms with Crippen LogP contribution in [0.3, 0.4) is 0 Å². The van der Waals surface area contributed by atoms with Crippen LogP contribution in [-0.4, -0.2) is 18.5 Å². The van der Waals surface area contributed by atoms with E-state index in [1.165, 1.54) is 13.0 Å². The van der Waals surface area contributed by atoms with Crippen LogP contribution < -0.4 is 5.73 Å². The topological polar surface area (TPSA) is 65.5 Å². The van der Waals surface area contributed by atoms with E-state index in [0.29, 0.717) is 12.2 Å². The highest BCUT2D eigenvalue weighted by Gasteiger charge is 2.49. The van der Waals surface area contributed by atoms with Gasteiger partial charge in [-0.1, -0.05) is 6.92 Å². The Morgan fingerprint density at radius 1 is 1.53 bits per heavy atom. The molecule has 0 spiro atoms. The minimum absolute atomic E-state index is 0.125. The number of halogens is 2. The maximum Gasteiger partial charge on any atom is 0.379 e. The van der Waals surface area contributed by atoms with Crippen LogP contribution in [0.4, 0.5) is 8.78 Å². The largest absolute Gasteiger partial charge is 0.464 e. The lowest BCUT2D eigenvalue weighted by molar-refractivity contribution is -0.175. The number of hydrogen-bond acceptors (Lipinski definition) is 4.